The van der Waals surface area contributed by atoms with Crippen LogP contribution in [0.2, 0.25) is 0 Å². The Morgan fingerprint density at radius 1 is 1.45 bits per heavy atom. The molecule has 1 aromatic heterocycles. The van der Waals surface area contributed by atoms with Crippen molar-refractivity contribution < 1.29 is 4.74 Å². The Hall–Kier alpha value is -0.770. The Bertz CT molecular complexity index is 212. The summed E-state index contributed by atoms with van der Waals surface area (Å²) in [6.07, 6.45) is 0. The van der Waals surface area contributed by atoms with Crippen LogP contribution in [-0.2, 0) is 0 Å². The van der Waals surface area contributed by atoms with Gasteiger partial charge >= 0.3 is 0 Å². The molecule has 0 fully saturated rings. The second-order valence-corrected chi connectivity index (χ2v) is 3.13. The fourth-order valence-electron chi connectivity index (χ4n) is 0.642. The standard InChI is InChI=1S/C7H10N2OS/c1-3-11-7-5-4-6(10-2)8-9-7/h4-5H,3H2,1-2H3. The number of thioether (sulfide) groups is 1. The molecule has 0 radical (unpaired) electrons. The molecule has 11 heavy (non-hydrogen) atoms. The Labute approximate surface area is 70.2 Å². The lowest BCUT2D eigenvalue weighted by molar-refractivity contribution is 0.390. The molecule has 1 heterocycles. The topological polar surface area (TPSA) is 35.0 Å². The molecule has 0 amide bonds. The summed E-state index contributed by atoms with van der Waals surface area (Å²) in [7, 11) is 1.58. The van der Waals surface area contributed by atoms with Crippen molar-refractivity contribution in [2.24, 2.45) is 0 Å². The molecule has 4 heteroatoms. The molecule has 0 aliphatic carbocycles. The van der Waals surface area contributed by atoms with Gasteiger partial charge in [-0.25, -0.2) is 0 Å². The van der Waals surface area contributed by atoms with E-state index < -0.39 is 0 Å². The maximum Gasteiger partial charge on any atom is 0.233 e. The van der Waals surface area contributed by atoms with E-state index in [0.29, 0.717) is 5.88 Å². The lowest BCUT2D eigenvalue weighted by Gasteiger charge is -1.97. The summed E-state index contributed by atoms with van der Waals surface area (Å²) in [6.45, 7) is 2.08. The summed E-state index contributed by atoms with van der Waals surface area (Å²) in [5.74, 6) is 1.58. The summed E-state index contributed by atoms with van der Waals surface area (Å²) < 4.78 is 4.86. The molecule has 0 bridgehead atoms. The van der Waals surface area contributed by atoms with Crippen LogP contribution in [0.5, 0.6) is 5.88 Å². The van der Waals surface area contributed by atoms with Crippen LogP contribution < -0.4 is 4.74 Å². The van der Waals surface area contributed by atoms with E-state index in [4.69, 9.17) is 4.74 Å². The van der Waals surface area contributed by atoms with E-state index in [1.807, 2.05) is 12.1 Å². The van der Waals surface area contributed by atoms with Crippen molar-refractivity contribution in [3.05, 3.63) is 12.1 Å². The van der Waals surface area contributed by atoms with Crippen LogP contribution in [0.4, 0.5) is 0 Å². The summed E-state index contributed by atoms with van der Waals surface area (Å²) in [4.78, 5) is 0. The van der Waals surface area contributed by atoms with Crippen LogP contribution in [0.3, 0.4) is 0 Å². The average Bonchev–Trinajstić information content (AvgIpc) is 2.07. The Balaban J connectivity index is 2.66. The molecule has 1 aromatic rings. The molecule has 0 aromatic carbocycles. The number of rotatable bonds is 3. The van der Waals surface area contributed by atoms with Crippen molar-refractivity contribution in [3.8, 4) is 5.88 Å². The molecule has 0 saturated carbocycles. The number of methoxy groups -OCH3 is 1. The minimum atomic E-state index is 0.561. The van der Waals surface area contributed by atoms with Gasteiger partial charge in [-0.2, -0.15) is 0 Å². The fourth-order valence-corrected chi connectivity index (χ4v) is 1.20. The number of ether oxygens (including phenoxy) is 1. The van der Waals surface area contributed by atoms with Gasteiger partial charge in [-0.05, 0) is 11.8 Å². The second kappa shape index (κ2) is 4.18. The van der Waals surface area contributed by atoms with E-state index in [2.05, 4.69) is 17.1 Å². The first kappa shape index (κ1) is 8.33. The van der Waals surface area contributed by atoms with Gasteiger partial charge < -0.3 is 4.74 Å². The van der Waals surface area contributed by atoms with Crippen molar-refractivity contribution >= 4 is 11.8 Å². The molecule has 1 rings (SSSR count). The summed E-state index contributed by atoms with van der Waals surface area (Å²) in [6, 6.07) is 3.71. The first-order valence-electron chi connectivity index (χ1n) is 3.37. The third kappa shape index (κ3) is 2.38. The highest BCUT2D eigenvalue weighted by Gasteiger charge is 1.95. The maximum absolute atomic E-state index is 4.86. The maximum atomic E-state index is 4.86. The van der Waals surface area contributed by atoms with Crippen molar-refractivity contribution in [2.45, 2.75) is 11.9 Å². The van der Waals surface area contributed by atoms with Crippen LogP contribution in [-0.4, -0.2) is 23.1 Å². The monoisotopic (exact) mass is 170 g/mol. The second-order valence-electron chi connectivity index (χ2n) is 1.85. The third-order valence-corrected chi connectivity index (χ3v) is 1.92. The highest BCUT2D eigenvalue weighted by molar-refractivity contribution is 7.99. The highest BCUT2D eigenvalue weighted by atomic mass is 32.2. The fraction of sp³-hybridized carbons (Fsp3) is 0.429. The minimum Gasteiger partial charge on any atom is -0.480 e. The molecule has 60 valence electrons. The summed E-state index contributed by atoms with van der Waals surface area (Å²) in [5, 5.41) is 8.69. The zero-order valence-electron chi connectivity index (χ0n) is 6.57. The third-order valence-electron chi connectivity index (χ3n) is 1.12. The summed E-state index contributed by atoms with van der Waals surface area (Å²) >= 11 is 1.67. The van der Waals surface area contributed by atoms with Gasteiger partial charge in [0.15, 0.2) is 0 Å². The number of nitrogens with zero attached hydrogens (tertiary/aromatic N) is 2. The first-order valence-corrected chi connectivity index (χ1v) is 4.36. The summed E-state index contributed by atoms with van der Waals surface area (Å²) in [5.41, 5.74) is 0. The van der Waals surface area contributed by atoms with Crippen LogP contribution in [0.1, 0.15) is 6.92 Å². The predicted molar refractivity (Wildman–Crippen MR) is 45.0 cm³/mol. The van der Waals surface area contributed by atoms with Crippen LogP contribution in [0, 0.1) is 0 Å². The molecule has 0 aliphatic rings. The molecule has 0 unspecified atom stereocenters. The van der Waals surface area contributed by atoms with Crippen molar-refractivity contribution in [1.29, 1.82) is 0 Å². The molecule has 3 nitrogen and oxygen atoms in total. The van der Waals surface area contributed by atoms with E-state index in [9.17, 15) is 0 Å². The van der Waals surface area contributed by atoms with Gasteiger partial charge in [0.1, 0.15) is 5.03 Å². The van der Waals surface area contributed by atoms with Crippen molar-refractivity contribution in [2.75, 3.05) is 12.9 Å². The van der Waals surface area contributed by atoms with Crippen LogP contribution >= 0.6 is 11.8 Å². The van der Waals surface area contributed by atoms with E-state index in [0.717, 1.165) is 10.8 Å². The number of hydrogen-bond donors (Lipinski definition) is 0. The smallest absolute Gasteiger partial charge is 0.233 e. The molecule has 0 atom stereocenters. The Kier molecular flexibility index (Phi) is 3.16. The van der Waals surface area contributed by atoms with E-state index in [-0.39, 0.29) is 0 Å². The average molecular weight is 170 g/mol. The van der Waals surface area contributed by atoms with Crippen molar-refractivity contribution in [1.82, 2.24) is 10.2 Å². The van der Waals surface area contributed by atoms with Crippen LogP contribution in [0.15, 0.2) is 17.2 Å². The van der Waals surface area contributed by atoms with Gasteiger partial charge in [-0.3, -0.25) is 0 Å². The van der Waals surface area contributed by atoms with E-state index in [1.54, 1.807) is 18.9 Å². The lowest BCUT2D eigenvalue weighted by Crippen LogP contribution is -1.90. The SMILES string of the molecule is CCSc1ccc(OC)nn1. The molecule has 0 aliphatic heterocycles. The highest BCUT2D eigenvalue weighted by Crippen LogP contribution is 2.14. The predicted octanol–water partition coefficient (Wildman–Crippen LogP) is 1.60. The largest absolute Gasteiger partial charge is 0.480 e. The van der Waals surface area contributed by atoms with Gasteiger partial charge in [0.25, 0.3) is 0 Å². The minimum absolute atomic E-state index is 0.561. The molecule has 0 spiro atoms. The van der Waals surface area contributed by atoms with E-state index in [1.165, 1.54) is 0 Å². The Morgan fingerprint density at radius 3 is 2.73 bits per heavy atom. The first-order chi connectivity index (χ1) is 5.36. The van der Waals surface area contributed by atoms with Gasteiger partial charge in [0, 0.05) is 6.07 Å². The van der Waals surface area contributed by atoms with Gasteiger partial charge in [-0.15, -0.1) is 22.0 Å². The van der Waals surface area contributed by atoms with Gasteiger partial charge in [0.05, 0.1) is 7.11 Å². The van der Waals surface area contributed by atoms with Crippen LogP contribution in [0.25, 0.3) is 0 Å². The molecule has 0 saturated heterocycles. The zero-order valence-corrected chi connectivity index (χ0v) is 7.39. The number of aromatic nitrogens is 2. The van der Waals surface area contributed by atoms with E-state index >= 15 is 0 Å². The lowest BCUT2D eigenvalue weighted by atomic mass is 10.6. The quantitative estimate of drug-likeness (QED) is 0.645. The van der Waals surface area contributed by atoms with Gasteiger partial charge in [0.2, 0.25) is 5.88 Å². The molecular weight excluding hydrogens is 160 g/mol. The molecular formula is C7H10N2OS. The van der Waals surface area contributed by atoms with Gasteiger partial charge in [-0.1, -0.05) is 6.92 Å². The normalized spacial score (nSPS) is 9.64. The Morgan fingerprint density at radius 2 is 2.27 bits per heavy atom. The number of hydrogen-bond acceptors (Lipinski definition) is 4. The zero-order chi connectivity index (χ0) is 8.10. The molecule has 0 N–H and O–H groups in total. The van der Waals surface area contributed by atoms with Crippen molar-refractivity contribution in [3.63, 3.8) is 0 Å².